The zero-order chi connectivity index (χ0) is 19.7. The number of hydrogen-bond donors (Lipinski definition) is 2. The van der Waals surface area contributed by atoms with Crippen LogP contribution in [-0.2, 0) is 11.2 Å². The van der Waals surface area contributed by atoms with Gasteiger partial charge in [-0.2, -0.15) is 5.10 Å². The molecular weight excluding hydrogens is 340 g/mol. The van der Waals surface area contributed by atoms with Gasteiger partial charge in [-0.1, -0.05) is 6.07 Å². The molecule has 0 unspecified atom stereocenters. The molecule has 0 saturated heterocycles. The van der Waals surface area contributed by atoms with Crippen LogP contribution in [0.4, 0.5) is 11.4 Å². The van der Waals surface area contributed by atoms with Crippen LogP contribution in [0.5, 0.6) is 0 Å². The molecule has 1 amide bonds. The first kappa shape index (κ1) is 18.6. The fraction of sp³-hybridized carbons (Fsp3) is 0.300. The lowest BCUT2D eigenvalue weighted by Crippen LogP contribution is -2.16. The highest BCUT2D eigenvalue weighted by molar-refractivity contribution is 5.93. The molecule has 0 aliphatic rings. The molecule has 27 heavy (non-hydrogen) atoms. The van der Waals surface area contributed by atoms with E-state index in [9.17, 15) is 4.79 Å². The number of benzene rings is 1. The summed E-state index contributed by atoms with van der Waals surface area (Å²) in [5.74, 6) is 0.405. The Hall–Kier alpha value is -3.22. The average Bonchev–Trinajstić information content (AvgIpc) is 2.85. The number of aromatic nitrogens is 4. The van der Waals surface area contributed by atoms with Crippen molar-refractivity contribution in [1.82, 2.24) is 19.7 Å². The van der Waals surface area contributed by atoms with E-state index in [1.54, 1.807) is 10.7 Å². The number of carbonyl (C=O) groups is 1. The molecule has 3 rings (SSSR count). The highest BCUT2D eigenvalue weighted by atomic mass is 16.1. The van der Waals surface area contributed by atoms with Crippen molar-refractivity contribution >= 4 is 17.3 Å². The van der Waals surface area contributed by atoms with Gasteiger partial charge in [0.2, 0.25) is 5.91 Å². The number of anilines is 2. The third kappa shape index (κ3) is 3.97. The van der Waals surface area contributed by atoms with Gasteiger partial charge < -0.3 is 11.1 Å². The molecule has 0 fully saturated rings. The first-order chi connectivity index (χ1) is 12.7. The maximum Gasteiger partial charge on any atom is 0.251 e. The smallest absolute Gasteiger partial charge is 0.251 e. The Morgan fingerprint density at radius 3 is 2.41 bits per heavy atom. The summed E-state index contributed by atoms with van der Waals surface area (Å²) in [6, 6.07) is 7.38. The lowest BCUT2D eigenvalue weighted by molar-refractivity contribution is -0.115. The summed E-state index contributed by atoms with van der Waals surface area (Å²) < 4.78 is 1.70. The molecule has 0 spiro atoms. The topological polar surface area (TPSA) is 98.7 Å². The molecule has 3 N–H and O–H groups in total. The minimum absolute atomic E-state index is 0.115. The number of nitrogens with one attached hydrogen (secondary N) is 1. The van der Waals surface area contributed by atoms with Crippen molar-refractivity contribution in [2.45, 2.75) is 41.0 Å². The number of nitrogen functional groups attached to an aromatic ring is 1. The fourth-order valence-electron chi connectivity index (χ4n) is 3.06. The second kappa shape index (κ2) is 7.19. The largest absolute Gasteiger partial charge is 0.399 e. The summed E-state index contributed by atoms with van der Waals surface area (Å²) in [5.41, 5.74) is 12.4. The van der Waals surface area contributed by atoms with E-state index < -0.39 is 0 Å². The Kier molecular flexibility index (Phi) is 4.94. The first-order valence-electron chi connectivity index (χ1n) is 8.78. The van der Waals surface area contributed by atoms with Crippen molar-refractivity contribution in [2.24, 2.45) is 0 Å². The molecule has 2 heterocycles. The molecular formula is C20H24N6O. The normalized spacial score (nSPS) is 10.9. The van der Waals surface area contributed by atoms with Gasteiger partial charge in [0.15, 0.2) is 0 Å². The number of aryl methyl sites for hydroxylation is 4. The third-order valence-electron chi connectivity index (χ3n) is 4.47. The van der Waals surface area contributed by atoms with Crippen LogP contribution in [0.1, 0.15) is 33.9 Å². The van der Waals surface area contributed by atoms with Crippen molar-refractivity contribution in [3.63, 3.8) is 0 Å². The highest BCUT2D eigenvalue weighted by Gasteiger charge is 2.18. The van der Waals surface area contributed by atoms with Crippen LogP contribution in [0.25, 0.3) is 5.95 Å². The Bertz CT molecular complexity index is 1000. The van der Waals surface area contributed by atoms with Gasteiger partial charge in [0.05, 0.1) is 12.1 Å². The van der Waals surface area contributed by atoms with Gasteiger partial charge in [-0.3, -0.25) is 4.79 Å². The van der Waals surface area contributed by atoms with Crippen molar-refractivity contribution in [1.29, 1.82) is 0 Å². The monoisotopic (exact) mass is 364 g/mol. The number of carbonyl (C=O) groups excluding carboxylic acids is 1. The van der Waals surface area contributed by atoms with E-state index in [0.29, 0.717) is 11.6 Å². The van der Waals surface area contributed by atoms with Gasteiger partial charge in [-0.15, -0.1) is 0 Å². The molecule has 2 aromatic heterocycles. The van der Waals surface area contributed by atoms with Gasteiger partial charge in [0.1, 0.15) is 0 Å². The van der Waals surface area contributed by atoms with Gasteiger partial charge in [-0.25, -0.2) is 14.6 Å². The molecule has 0 bridgehead atoms. The maximum absolute atomic E-state index is 12.6. The molecule has 140 valence electrons. The molecule has 7 nitrogen and oxygen atoms in total. The second-order valence-corrected chi connectivity index (χ2v) is 6.81. The lowest BCUT2D eigenvalue weighted by atomic mass is 10.1. The van der Waals surface area contributed by atoms with E-state index in [1.165, 1.54) is 0 Å². The Morgan fingerprint density at radius 2 is 1.74 bits per heavy atom. The van der Waals surface area contributed by atoms with Crippen LogP contribution < -0.4 is 11.1 Å². The van der Waals surface area contributed by atoms with Crippen molar-refractivity contribution in [2.75, 3.05) is 11.1 Å². The van der Waals surface area contributed by atoms with Crippen molar-refractivity contribution < 1.29 is 4.79 Å². The average molecular weight is 364 g/mol. The summed E-state index contributed by atoms with van der Waals surface area (Å²) in [4.78, 5) is 21.5. The van der Waals surface area contributed by atoms with Gasteiger partial charge in [0, 0.05) is 34.0 Å². The molecule has 7 heteroatoms. The summed E-state index contributed by atoms with van der Waals surface area (Å²) in [7, 11) is 0. The summed E-state index contributed by atoms with van der Waals surface area (Å²) in [6.07, 6.45) is 0.219. The van der Waals surface area contributed by atoms with Crippen molar-refractivity contribution in [3.05, 3.63) is 58.2 Å². The molecule has 0 aliphatic heterocycles. The van der Waals surface area contributed by atoms with E-state index in [-0.39, 0.29) is 12.3 Å². The van der Waals surface area contributed by atoms with E-state index in [2.05, 4.69) is 20.4 Å². The second-order valence-electron chi connectivity index (χ2n) is 6.81. The maximum atomic E-state index is 12.6. The quantitative estimate of drug-likeness (QED) is 0.694. The van der Waals surface area contributed by atoms with Crippen LogP contribution >= 0.6 is 0 Å². The Morgan fingerprint density at radius 1 is 1.07 bits per heavy atom. The van der Waals surface area contributed by atoms with E-state index in [4.69, 9.17) is 5.73 Å². The SMILES string of the molecule is Cc1cc(C)nc(-n2nc(C)c(CC(=O)Nc3cc(N)ccc3C)c2C)n1. The van der Waals surface area contributed by atoms with E-state index in [0.717, 1.165) is 39.6 Å². The predicted molar refractivity (Wildman–Crippen MR) is 106 cm³/mol. The zero-order valence-electron chi connectivity index (χ0n) is 16.3. The summed E-state index contributed by atoms with van der Waals surface area (Å²) >= 11 is 0. The highest BCUT2D eigenvalue weighted by Crippen LogP contribution is 2.20. The first-order valence-corrected chi connectivity index (χ1v) is 8.78. The van der Waals surface area contributed by atoms with Gasteiger partial charge in [0.25, 0.3) is 5.95 Å². The van der Waals surface area contributed by atoms with E-state index in [1.807, 2.05) is 52.8 Å². The van der Waals surface area contributed by atoms with Crippen LogP contribution in [0.2, 0.25) is 0 Å². The molecule has 1 aromatic carbocycles. The molecule has 0 atom stereocenters. The van der Waals surface area contributed by atoms with Gasteiger partial charge >= 0.3 is 0 Å². The molecule has 0 saturated carbocycles. The standard InChI is InChI=1S/C20H24N6O/c1-11-6-7-16(21)9-18(11)24-19(27)10-17-14(4)25-26(15(17)5)20-22-12(2)8-13(3)23-20/h6-9H,10,21H2,1-5H3,(H,24,27). The van der Waals surface area contributed by atoms with Crippen LogP contribution in [-0.4, -0.2) is 25.7 Å². The number of nitrogens with zero attached hydrogens (tertiary/aromatic N) is 4. The molecule has 3 aromatic rings. The minimum Gasteiger partial charge on any atom is -0.399 e. The number of nitrogens with two attached hydrogens (primary N) is 1. The summed E-state index contributed by atoms with van der Waals surface area (Å²) in [6.45, 7) is 9.59. The van der Waals surface area contributed by atoms with Crippen LogP contribution in [0.3, 0.4) is 0 Å². The van der Waals surface area contributed by atoms with Crippen LogP contribution in [0.15, 0.2) is 24.3 Å². The molecule has 0 radical (unpaired) electrons. The fourth-order valence-corrected chi connectivity index (χ4v) is 3.06. The zero-order valence-corrected chi connectivity index (χ0v) is 16.3. The van der Waals surface area contributed by atoms with E-state index >= 15 is 0 Å². The predicted octanol–water partition coefficient (Wildman–Crippen LogP) is 2.97. The minimum atomic E-state index is -0.115. The Labute approximate surface area is 158 Å². The number of hydrogen-bond acceptors (Lipinski definition) is 5. The summed E-state index contributed by atoms with van der Waals surface area (Å²) in [5, 5.41) is 7.48. The molecule has 0 aliphatic carbocycles. The number of rotatable bonds is 4. The third-order valence-corrected chi connectivity index (χ3v) is 4.47. The number of amides is 1. The Balaban J connectivity index is 1.86. The van der Waals surface area contributed by atoms with Crippen LogP contribution in [0, 0.1) is 34.6 Å². The lowest BCUT2D eigenvalue weighted by Gasteiger charge is -2.10. The van der Waals surface area contributed by atoms with Crippen molar-refractivity contribution in [3.8, 4) is 5.95 Å². The van der Waals surface area contributed by atoms with Gasteiger partial charge in [-0.05, 0) is 58.4 Å².